The van der Waals surface area contributed by atoms with Gasteiger partial charge >= 0.3 is 0 Å². The van der Waals surface area contributed by atoms with Crippen molar-refractivity contribution in [3.8, 4) is 11.3 Å². The number of nitrogen functional groups attached to an aromatic ring is 1. The molecule has 22 heavy (non-hydrogen) atoms. The maximum absolute atomic E-state index is 13.2. The largest absolute Gasteiger partial charge is 0.398 e. The van der Waals surface area contributed by atoms with E-state index in [1.165, 1.54) is 23.5 Å². The lowest BCUT2D eigenvalue weighted by Gasteiger charge is -2.05. The van der Waals surface area contributed by atoms with E-state index < -0.39 is 11.7 Å². The van der Waals surface area contributed by atoms with Gasteiger partial charge in [0.25, 0.3) is 5.91 Å². The van der Waals surface area contributed by atoms with Crippen LogP contribution in [0.4, 0.5) is 15.2 Å². The number of benzene rings is 1. The zero-order valence-electron chi connectivity index (χ0n) is 11.3. The van der Waals surface area contributed by atoms with Crippen molar-refractivity contribution in [1.82, 2.24) is 9.97 Å². The normalized spacial score (nSPS) is 10.4. The first-order valence-corrected chi connectivity index (χ1v) is 7.24. The quantitative estimate of drug-likeness (QED) is 0.728. The molecule has 110 valence electrons. The lowest BCUT2D eigenvalue weighted by atomic mass is 10.1. The minimum absolute atomic E-state index is 0.0839. The zero-order valence-corrected chi connectivity index (χ0v) is 12.1. The van der Waals surface area contributed by atoms with E-state index in [-0.39, 0.29) is 11.3 Å². The SMILES string of the molecule is Nc1ccc(F)cc1C(=O)Nc1nc(-c2ccncc2)cs1. The van der Waals surface area contributed by atoms with E-state index in [4.69, 9.17) is 5.73 Å². The Labute approximate surface area is 129 Å². The van der Waals surface area contributed by atoms with E-state index in [2.05, 4.69) is 15.3 Å². The molecule has 3 rings (SSSR count). The molecular weight excluding hydrogens is 303 g/mol. The number of anilines is 2. The van der Waals surface area contributed by atoms with Gasteiger partial charge in [-0.3, -0.25) is 15.1 Å². The number of thiazole rings is 1. The molecule has 5 nitrogen and oxygen atoms in total. The van der Waals surface area contributed by atoms with Crippen molar-refractivity contribution in [1.29, 1.82) is 0 Å². The highest BCUT2D eigenvalue weighted by Crippen LogP contribution is 2.25. The monoisotopic (exact) mass is 314 g/mol. The molecule has 0 atom stereocenters. The van der Waals surface area contributed by atoms with Crippen LogP contribution in [0.25, 0.3) is 11.3 Å². The van der Waals surface area contributed by atoms with Crippen molar-refractivity contribution in [2.75, 3.05) is 11.1 Å². The molecule has 0 aliphatic rings. The minimum Gasteiger partial charge on any atom is -0.398 e. The summed E-state index contributed by atoms with van der Waals surface area (Å²) in [5.74, 6) is -1.01. The third-order valence-corrected chi connectivity index (χ3v) is 3.72. The van der Waals surface area contributed by atoms with E-state index in [1.807, 2.05) is 17.5 Å². The van der Waals surface area contributed by atoms with Crippen LogP contribution in [0.1, 0.15) is 10.4 Å². The molecule has 0 bridgehead atoms. The topological polar surface area (TPSA) is 80.9 Å². The van der Waals surface area contributed by atoms with E-state index in [1.54, 1.807) is 12.4 Å². The summed E-state index contributed by atoms with van der Waals surface area (Å²) in [5, 5.41) is 4.86. The predicted molar refractivity (Wildman–Crippen MR) is 84.1 cm³/mol. The summed E-state index contributed by atoms with van der Waals surface area (Å²) in [4.78, 5) is 20.4. The number of nitrogens with one attached hydrogen (secondary N) is 1. The number of halogens is 1. The molecule has 1 aromatic carbocycles. The van der Waals surface area contributed by atoms with E-state index in [0.29, 0.717) is 5.13 Å². The van der Waals surface area contributed by atoms with Crippen molar-refractivity contribution < 1.29 is 9.18 Å². The molecule has 0 fully saturated rings. The number of pyridine rings is 1. The second-order valence-corrected chi connectivity index (χ2v) is 5.32. The van der Waals surface area contributed by atoms with E-state index in [9.17, 15) is 9.18 Å². The van der Waals surface area contributed by atoms with Crippen LogP contribution in [0, 0.1) is 5.82 Å². The molecule has 0 aliphatic carbocycles. The summed E-state index contributed by atoms with van der Waals surface area (Å²) in [6.07, 6.45) is 3.33. The number of nitrogens with zero attached hydrogens (tertiary/aromatic N) is 2. The average molecular weight is 314 g/mol. The molecule has 0 unspecified atom stereocenters. The van der Waals surface area contributed by atoms with Gasteiger partial charge in [0.2, 0.25) is 0 Å². The Kier molecular flexibility index (Phi) is 3.80. The Bertz CT molecular complexity index is 819. The fourth-order valence-electron chi connectivity index (χ4n) is 1.88. The zero-order chi connectivity index (χ0) is 15.5. The minimum atomic E-state index is -0.518. The standard InChI is InChI=1S/C15H11FN4OS/c16-10-1-2-12(17)11(7-10)14(21)20-15-19-13(8-22-15)9-3-5-18-6-4-9/h1-8H,17H2,(H,19,20,21). The third kappa shape index (κ3) is 2.94. The van der Waals surface area contributed by atoms with Gasteiger partial charge in [0.05, 0.1) is 11.3 Å². The number of rotatable bonds is 3. The number of hydrogen-bond acceptors (Lipinski definition) is 5. The van der Waals surface area contributed by atoms with Crippen LogP contribution in [-0.2, 0) is 0 Å². The number of hydrogen-bond donors (Lipinski definition) is 2. The number of aromatic nitrogens is 2. The van der Waals surface area contributed by atoms with Gasteiger partial charge in [-0.05, 0) is 30.3 Å². The lowest BCUT2D eigenvalue weighted by Crippen LogP contribution is -2.14. The number of carbonyl (C=O) groups excluding carboxylic acids is 1. The van der Waals surface area contributed by atoms with Crippen LogP contribution >= 0.6 is 11.3 Å². The summed E-state index contributed by atoms with van der Waals surface area (Å²) >= 11 is 1.28. The van der Waals surface area contributed by atoms with Crippen LogP contribution < -0.4 is 11.1 Å². The maximum Gasteiger partial charge on any atom is 0.259 e. The Hall–Kier alpha value is -2.80. The van der Waals surface area contributed by atoms with Crippen LogP contribution in [-0.4, -0.2) is 15.9 Å². The highest BCUT2D eigenvalue weighted by Gasteiger charge is 2.13. The second kappa shape index (κ2) is 5.90. The first-order chi connectivity index (χ1) is 10.6. The Morgan fingerprint density at radius 2 is 2.00 bits per heavy atom. The van der Waals surface area contributed by atoms with Gasteiger partial charge in [0, 0.05) is 29.0 Å². The van der Waals surface area contributed by atoms with Crippen molar-refractivity contribution in [3.63, 3.8) is 0 Å². The summed E-state index contributed by atoms with van der Waals surface area (Å²) in [6, 6.07) is 7.31. The van der Waals surface area contributed by atoms with Gasteiger partial charge < -0.3 is 5.73 Å². The fraction of sp³-hybridized carbons (Fsp3) is 0. The number of amides is 1. The molecule has 0 saturated heterocycles. The van der Waals surface area contributed by atoms with Crippen LogP contribution in [0.2, 0.25) is 0 Å². The van der Waals surface area contributed by atoms with Crippen molar-refractivity contribution in [3.05, 3.63) is 59.5 Å². The van der Waals surface area contributed by atoms with Gasteiger partial charge in [0.15, 0.2) is 5.13 Å². The first kappa shape index (κ1) is 14.2. The van der Waals surface area contributed by atoms with Crippen LogP contribution in [0.3, 0.4) is 0 Å². The van der Waals surface area contributed by atoms with Gasteiger partial charge in [0.1, 0.15) is 5.82 Å². The summed E-state index contributed by atoms with van der Waals surface area (Å²) < 4.78 is 13.2. The average Bonchev–Trinajstić information content (AvgIpc) is 2.99. The molecule has 3 aromatic rings. The Morgan fingerprint density at radius 3 is 2.77 bits per heavy atom. The highest BCUT2D eigenvalue weighted by molar-refractivity contribution is 7.14. The molecule has 0 aliphatic heterocycles. The van der Waals surface area contributed by atoms with Gasteiger partial charge in [-0.1, -0.05) is 0 Å². The molecule has 0 radical (unpaired) electrons. The highest BCUT2D eigenvalue weighted by atomic mass is 32.1. The van der Waals surface area contributed by atoms with Crippen molar-refractivity contribution >= 4 is 28.1 Å². The number of carbonyl (C=O) groups is 1. The van der Waals surface area contributed by atoms with Crippen molar-refractivity contribution in [2.45, 2.75) is 0 Å². The molecule has 2 aromatic heterocycles. The van der Waals surface area contributed by atoms with Crippen molar-refractivity contribution in [2.24, 2.45) is 0 Å². The predicted octanol–water partition coefficient (Wildman–Crippen LogP) is 3.18. The van der Waals surface area contributed by atoms with E-state index in [0.717, 1.165) is 17.3 Å². The fourth-order valence-corrected chi connectivity index (χ4v) is 2.59. The molecular formula is C15H11FN4OS. The Balaban J connectivity index is 1.81. The third-order valence-electron chi connectivity index (χ3n) is 2.96. The molecule has 1 amide bonds. The summed E-state index contributed by atoms with van der Waals surface area (Å²) in [6.45, 7) is 0. The Morgan fingerprint density at radius 1 is 1.23 bits per heavy atom. The maximum atomic E-state index is 13.2. The van der Waals surface area contributed by atoms with Gasteiger partial charge in [-0.25, -0.2) is 9.37 Å². The lowest BCUT2D eigenvalue weighted by molar-refractivity contribution is 0.102. The molecule has 2 heterocycles. The molecule has 0 spiro atoms. The smallest absolute Gasteiger partial charge is 0.259 e. The first-order valence-electron chi connectivity index (χ1n) is 6.36. The summed E-state index contributed by atoms with van der Waals surface area (Å²) in [7, 11) is 0. The van der Waals surface area contributed by atoms with Crippen LogP contribution in [0.5, 0.6) is 0 Å². The molecule has 0 saturated carbocycles. The van der Waals surface area contributed by atoms with Crippen LogP contribution in [0.15, 0.2) is 48.1 Å². The number of nitrogens with two attached hydrogens (primary N) is 1. The molecule has 3 N–H and O–H groups in total. The molecule has 7 heteroatoms. The summed E-state index contributed by atoms with van der Waals surface area (Å²) in [5.41, 5.74) is 7.62. The van der Waals surface area contributed by atoms with E-state index >= 15 is 0 Å². The second-order valence-electron chi connectivity index (χ2n) is 4.46. The van der Waals surface area contributed by atoms with Gasteiger partial charge in [-0.2, -0.15) is 0 Å². The van der Waals surface area contributed by atoms with Gasteiger partial charge in [-0.15, -0.1) is 11.3 Å².